The molecule has 0 heterocycles. The number of rotatable bonds is 3. The topological polar surface area (TPSA) is 32.3 Å². The zero-order valence-electron chi connectivity index (χ0n) is 8.83. The highest BCUT2D eigenvalue weighted by Crippen LogP contribution is 2.35. The SMILES string of the molecule is C[C@H](CO)NC1CCc2c(Cl)cccc21. The van der Waals surface area contributed by atoms with Crippen molar-refractivity contribution in [3.63, 3.8) is 0 Å². The molecule has 0 amide bonds. The summed E-state index contributed by atoms with van der Waals surface area (Å²) in [7, 11) is 0. The van der Waals surface area contributed by atoms with Crippen molar-refractivity contribution in [3.8, 4) is 0 Å². The average Bonchev–Trinajstić information content (AvgIpc) is 2.63. The number of halogens is 1. The Balaban J connectivity index is 2.18. The third kappa shape index (κ3) is 2.17. The van der Waals surface area contributed by atoms with Crippen molar-refractivity contribution in [1.29, 1.82) is 0 Å². The summed E-state index contributed by atoms with van der Waals surface area (Å²) in [5.74, 6) is 0. The predicted octanol–water partition coefficient (Wildman–Crippen LogP) is 2.30. The van der Waals surface area contributed by atoms with Crippen LogP contribution in [0.15, 0.2) is 18.2 Å². The van der Waals surface area contributed by atoms with Crippen LogP contribution < -0.4 is 5.32 Å². The zero-order valence-corrected chi connectivity index (χ0v) is 9.59. The van der Waals surface area contributed by atoms with Crippen molar-refractivity contribution in [3.05, 3.63) is 34.3 Å². The van der Waals surface area contributed by atoms with E-state index in [0.717, 1.165) is 17.9 Å². The van der Waals surface area contributed by atoms with Gasteiger partial charge in [-0.1, -0.05) is 23.7 Å². The summed E-state index contributed by atoms with van der Waals surface area (Å²) in [5.41, 5.74) is 2.56. The molecule has 1 aromatic carbocycles. The number of aliphatic hydroxyl groups excluding tert-OH is 1. The number of aliphatic hydroxyl groups is 1. The summed E-state index contributed by atoms with van der Waals surface area (Å²) in [6, 6.07) is 6.54. The molecule has 0 spiro atoms. The number of nitrogens with one attached hydrogen (secondary N) is 1. The van der Waals surface area contributed by atoms with Gasteiger partial charge in [-0.2, -0.15) is 0 Å². The lowest BCUT2D eigenvalue weighted by Gasteiger charge is -2.18. The molecular weight excluding hydrogens is 210 g/mol. The molecule has 1 aromatic rings. The molecule has 2 atom stereocenters. The summed E-state index contributed by atoms with van der Waals surface area (Å²) in [4.78, 5) is 0. The van der Waals surface area contributed by atoms with Gasteiger partial charge in [-0.25, -0.2) is 0 Å². The molecule has 0 saturated carbocycles. The van der Waals surface area contributed by atoms with Crippen LogP contribution in [0.5, 0.6) is 0 Å². The lowest BCUT2D eigenvalue weighted by molar-refractivity contribution is 0.240. The standard InChI is InChI=1S/C12H16ClNO/c1-8(7-15)14-12-6-5-9-10(12)3-2-4-11(9)13/h2-4,8,12,14-15H,5-7H2,1H3/t8-,12?/m1/s1. The lowest BCUT2D eigenvalue weighted by Crippen LogP contribution is -2.32. The molecule has 3 heteroatoms. The largest absolute Gasteiger partial charge is 0.395 e. The minimum absolute atomic E-state index is 0.139. The Kier molecular flexibility index (Phi) is 3.29. The summed E-state index contributed by atoms with van der Waals surface area (Å²) >= 11 is 6.13. The number of hydrogen-bond donors (Lipinski definition) is 2. The van der Waals surface area contributed by atoms with Crippen LogP contribution in [-0.2, 0) is 6.42 Å². The molecule has 1 aliphatic rings. The monoisotopic (exact) mass is 225 g/mol. The van der Waals surface area contributed by atoms with Crippen molar-refractivity contribution < 1.29 is 5.11 Å². The quantitative estimate of drug-likeness (QED) is 0.828. The van der Waals surface area contributed by atoms with Gasteiger partial charge >= 0.3 is 0 Å². The van der Waals surface area contributed by atoms with E-state index in [-0.39, 0.29) is 12.6 Å². The van der Waals surface area contributed by atoms with Crippen LogP contribution in [0.2, 0.25) is 5.02 Å². The second-order valence-corrected chi connectivity index (χ2v) is 4.56. The molecule has 0 aliphatic heterocycles. The molecule has 2 rings (SSSR count). The number of benzene rings is 1. The Morgan fingerprint density at radius 3 is 3.13 bits per heavy atom. The molecule has 0 saturated heterocycles. The van der Waals surface area contributed by atoms with Crippen LogP contribution >= 0.6 is 11.6 Å². The fraction of sp³-hybridized carbons (Fsp3) is 0.500. The van der Waals surface area contributed by atoms with Crippen LogP contribution in [0.3, 0.4) is 0 Å². The van der Waals surface area contributed by atoms with Gasteiger partial charge in [0.25, 0.3) is 0 Å². The highest BCUT2D eigenvalue weighted by molar-refractivity contribution is 6.31. The van der Waals surface area contributed by atoms with Gasteiger partial charge in [-0.05, 0) is 37.0 Å². The first kappa shape index (κ1) is 10.9. The molecule has 0 bridgehead atoms. The third-order valence-corrected chi connectivity index (χ3v) is 3.33. The van der Waals surface area contributed by atoms with Gasteiger partial charge in [0.05, 0.1) is 6.61 Å². The van der Waals surface area contributed by atoms with Crippen LogP contribution in [0, 0.1) is 0 Å². The average molecular weight is 226 g/mol. The third-order valence-electron chi connectivity index (χ3n) is 2.97. The summed E-state index contributed by atoms with van der Waals surface area (Å²) in [6.45, 7) is 2.16. The second kappa shape index (κ2) is 4.52. The maximum atomic E-state index is 9.01. The number of fused-ring (bicyclic) bond motifs is 1. The Hall–Kier alpha value is -0.570. The molecular formula is C12H16ClNO. The minimum Gasteiger partial charge on any atom is -0.395 e. The van der Waals surface area contributed by atoms with Gasteiger partial charge in [-0.15, -0.1) is 0 Å². The van der Waals surface area contributed by atoms with E-state index in [1.807, 2.05) is 19.1 Å². The molecule has 82 valence electrons. The van der Waals surface area contributed by atoms with Gasteiger partial charge < -0.3 is 10.4 Å². The molecule has 1 aliphatic carbocycles. The van der Waals surface area contributed by atoms with Gasteiger partial charge in [0, 0.05) is 17.1 Å². The van der Waals surface area contributed by atoms with Crippen molar-refractivity contribution >= 4 is 11.6 Å². The first-order valence-corrected chi connectivity index (χ1v) is 5.74. The van der Waals surface area contributed by atoms with E-state index in [4.69, 9.17) is 16.7 Å². The summed E-state index contributed by atoms with van der Waals surface area (Å²) < 4.78 is 0. The van der Waals surface area contributed by atoms with Crippen molar-refractivity contribution in [2.24, 2.45) is 0 Å². The van der Waals surface area contributed by atoms with Crippen LogP contribution in [0.25, 0.3) is 0 Å². The Morgan fingerprint density at radius 2 is 2.40 bits per heavy atom. The van der Waals surface area contributed by atoms with E-state index >= 15 is 0 Å². The van der Waals surface area contributed by atoms with E-state index in [9.17, 15) is 0 Å². The summed E-state index contributed by atoms with van der Waals surface area (Å²) in [5, 5.41) is 13.3. The molecule has 1 unspecified atom stereocenters. The highest BCUT2D eigenvalue weighted by Gasteiger charge is 2.24. The normalized spacial score (nSPS) is 21.4. The van der Waals surface area contributed by atoms with Crippen LogP contribution in [0.4, 0.5) is 0 Å². The maximum Gasteiger partial charge on any atom is 0.0582 e. The first-order chi connectivity index (χ1) is 7.22. The lowest BCUT2D eigenvalue weighted by atomic mass is 10.1. The first-order valence-electron chi connectivity index (χ1n) is 5.36. The Labute approximate surface area is 95.3 Å². The fourth-order valence-electron chi connectivity index (χ4n) is 2.18. The molecule has 15 heavy (non-hydrogen) atoms. The van der Waals surface area contributed by atoms with Gasteiger partial charge in [0.2, 0.25) is 0 Å². The van der Waals surface area contributed by atoms with E-state index in [1.54, 1.807) is 0 Å². The Bertz CT molecular complexity index is 353. The minimum atomic E-state index is 0.139. The highest BCUT2D eigenvalue weighted by atomic mass is 35.5. The second-order valence-electron chi connectivity index (χ2n) is 4.15. The predicted molar refractivity (Wildman–Crippen MR) is 62.2 cm³/mol. The van der Waals surface area contributed by atoms with E-state index in [0.29, 0.717) is 6.04 Å². The van der Waals surface area contributed by atoms with Crippen molar-refractivity contribution in [1.82, 2.24) is 5.32 Å². The molecule has 2 nitrogen and oxygen atoms in total. The molecule has 0 fully saturated rings. The van der Waals surface area contributed by atoms with Crippen LogP contribution in [0.1, 0.15) is 30.5 Å². The summed E-state index contributed by atoms with van der Waals surface area (Å²) in [6.07, 6.45) is 2.11. The van der Waals surface area contributed by atoms with E-state index in [1.165, 1.54) is 11.1 Å². The van der Waals surface area contributed by atoms with Gasteiger partial charge in [0.15, 0.2) is 0 Å². The van der Waals surface area contributed by atoms with E-state index < -0.39 is 0 Å². The molecule has 2 N–H and O–H groups in total. The van der Waals surface area contributed by atoms with E-state index in [2.05, 4.69) is 11.4 Å². The van der Waals surface area contributed by atoms with Gasteiger partial charge in [0.1, 0.15) is 0 Å². The van der Waals surface area contributed by atoms with Crippen LogP contribution in [-0.4, -0.2) is 17.8 Å². The molecule has 0 radical (unpaired) electrons. The van der Waals surface area contributed by atoms with Crippen molar-refractivity contribution in [2.75, 3.05) is 6.61 Å². The fourth-order valence-corrected chi connectivity index (χ4v) is 2.46. The molecule has 0 aromatic heterocycles. The smallest absolute Gasteiger partial charge is 0.0582 e. The Morgan fingerprint density at radius 1 is 1.60 bits per heavy atom. The maximum absolute atomic E-state index is 9.01. The van der Waals surface area contributed by atoms with Crippen molar-refractivity contribution in [2.45, 2.75) is 31.8 Å². The van der Waals surface area contributed by atoms with Gasteiger partial charge in [-0.3, -0.25) is 0 Å². The number of hydrogen-bond acceptors (Lipinski definition) is 2. The zero-order chi connectivity index (χ0) is 10.8.